The van der Waals surface area contributed by atoms with Gasteiger partial charge in [-0.15, -0.1) is 0 Å². The smallest absolute Gasteiger partial charge is 0.302 e. The van der Waals surface area contributed by atoms with Gasteiger partial charge in [-0.3, -0.25) is 9.59 Å². The van der Waals surface area contributed by atoms with E-state index in [0.29, 0.717) is 18.4 Å². The molecule has 3 nitrogen and oxygen atoms in total. The van der Waals surface area contributed by atoms with Crippen molar-refractivity contribution < 1.29 is 14.3 Å². The normalized spacial score (nSPS) is 11.0. The van der Waals surface area contributed by atoms with Crippen LogP contribution in [0.15, 0.2) is 23.8 Å². The highest BCUT2D eigenvalue weighted by molar-refractivity contribution is 5.94. The molecule has 0 aliphatic carbocycles. The summed E-state index contributed by atoms with van der Waals surface area (Å²) in [6.45, 7) is 8.85. The Balaban J connectivity index is 3.82. The molecule has 0 unspecified atom stereocenters. The minimum absolute atomic E-state index is 0.0789. The van der Waals surface area contributed by atoms with Crippen LogP contribution in [0.3, 0.4) is 0 Å². The number of ketones is 1. The average molecular weight is 210 g/mol. The maximum absolute atomic E-state index is 11.2. The number of hydrogen-bond acceptors (Lipinski definition) is 3. The number of hydrogen-bond donors (Lipinski definition) is 0. The van der Waals surface area contributed by atoms with E-state index >= 15 is 0 Å². The summed E-state index contributed by atoms with van der Waals surface area (Å²) in [5, 5.41) is 0. The molecule has 0 saturated heterocycles. The van der Waals surface area contributed by atoms with Gasteiger partial charge in [-0.1, -0.05) is 12.2 Å². The maximum atomic E-state index is 11.2. The summed E-state index contributed by atoms with van der Waals surface area (Å²) < 4.78 is 4.75. The Hall–Kier alpha value is -1.38. The first kappa shape index (κ1) is 13.6. The van der Waals surface area contributed by atoms with Crippen LogP contribution in [0.2, 0.25) is 0 Å². The van der Waals surface area contributed by atoms with Crippen LogP contribution in [0.4, 0.5) is 0 Å². The molecule has 15 heavy (non-hydrogen) atoms. The van der Waals surface area contributed by atoms with Gasteiger partial charge in [-0.2, -0.15) is 0 Å². The molecule has 0 atom stereocenters. The first-order valence-corrected chi connectivity index (χ1v) is 4.91. The summed E-state index contributed by atoms with van der Waals surface area (Å²) in [6.07, 6.45) is 2.97. The third kappa shape index (κ3) is 7.67. The molecule has 0 fully saturated rings. The van der Waals surface area contributed by atoms with Crippen molar-refractivity contribution in [1.29, 1.82) is 0 Å². The molecule has 0 heterocycles. The maximum Gasteiger partial charge on any atom is 0.302 e. The van der Waals surface area contributed by atoms with Crippen LogP contribution in [0.1, 0.15) is 33.6 Å². The highest BCUT2D eigenvalue weighted by atomic mass is 16.5. The van der Waals surface area contributed by atoms with Gasteiger partial charge < -0.3 is 4.74 Å². The van der Waals surface area contributed by atoms with E-state index < -0.39 is 0 Å². The Labute approximate surface area is 90.8 Å². The Morgan fingerprint density at radius 3 is 2.27 bits per heavy atom. The van der Waals surface area contributed by atoms with E-state index in [4.69, 9.17) is 4.74 Å². The zero-order valence-corrected chi connectivity index (χ0v) is 9.63. The summed E-state index contributed by atoms with van der Waals surface area (Å²) in [5.74, 6) is -0.215. The fourth-order valence-electron chi connectivity index (χ4n) is 0.927. The van der Waals surface area contributed by atoms with Crippen molar-refractivity contribution in [2.75, 3.05) is 6.61 Å². The number of rotatable bonds is 6. The van der Waals surface area contributed by atoms with Crippen LogP contribution < -0.4 is 0 Å². The summed E-state index contributed by atoms with van der Waals surface area (Å²) in [5.41, 5.74) is 1.63. The molecule has 0 spiro atoms. The number of carbonyl (C=O) groups is 2. The van der Waals surface area contributed by atoms with Crippen molar-refractivity contribution >= 4 is 11.8 Å². The van der Waals surface area contributed by atoms with Crippen molar-refractivity contribution in [2.24, 2.45) is 0 Å². The second-order valence-corrected chi connectivity index (χ2v) is 3.56. The predicted molar refractivity (Wildman–Crippen MR) is 59.4 cm³/mol. The largest absolute Gasteiger partial charge is 0.462 e. The molecule has 0 rings (SSSR count). The molecule has 84 valence electrons. The first-order chi connectivity index (χ1) is 6.93. The van der Waals surface area contributed by atoms with Gasteiger partial charge in [0, 0.05) is 13.3 Å². The Kier molecular flexibility index (Phi) is 6.34. The van der Waals surface area contributed by atoms with Crippen LogP contribution in [-0.2, 0) is 14.3 Å². The van der Waals surface area contributed by atoms with Gasteiger partial charge in [0.1, 0.15) is 6.61 Å². The van der Waals surface area contributed by atoms with Gasteiger partial charge in [0.15, 0.2) is 5.78 Å². The molecule has 0 amide bonds. The van der Waals surface area contributed by atoms with Gasteiger partial charge in [-0.05, 0) is 31.9 Å². The number of esters is 1. The second-order valence-electron chi connectivity index (χ2n) is 3.56. The minimum Gasteiger partial charge on any atom is -0.462 e. The minimum atomic E-state index is -0.294. The standard InChI is InChI=1S/C12H18O3/c1-9(2)12(14)6-5-10(3)7-8-15-11(4)13/h7H,1,5-6,8H2,2-4H3/b10-7+. The van der Waals surface area contributed by atoms with Crippen LogP contribution in [0.5, 0.6) is 0 Å². The number of allylic oxidation sites excluding steroid dienone is 2. The van der Waals surface area contributed by atoms with Crippen LogP contribution in [0.25, 0.3) is 0 Å². The molecule has 0 N–H and O–H groups in total. The summed E-state index contributed by atoms with van der Waals surface area (Å²) in [4.78, 5) is 21.7. The molecule has 0 aromatic carbocycles. The highest BCUT2D eigenvalue weighted by Crippen LogP contribution is 2.07. The fraction of sp³-hybridized carbons (Fsp3) is 0.500. The van der Waals surface area contributed by atoms with Crippen LogP contribution >= 0.6 is 0 Å². The van der Waals surface area contributed by atoms with E-state index in [-0.39, 0.29) is 18.4 Å². The van der Waals surface area contributed by atoms with E-state index in [1.165, 1.54) is 6.92 Å². The lowest BCUT2D eigenvalue weighted by Gasteiger charge is -2.01. The molecular formula is C12H18O3. The Morgan fingerprint density at radius 1 is 1.20 bits per heavy atom. The van der Waals surface area contributed by atoms with Crippen molar-refractivity contribution in [3.63, 3.8) is 0 Å². The fourth-order valence-corrected chi connectivity index (χ4v) is 0.927. The molecule has 0 saturated carbocycles. The lowest BCUT2D eigenvalue weighted by atomic mass is 10.1. The van der Waals surface area contributed by atoms with Crippen molar-refractivity contribution in [3.8, 4) is 0 Å². The summed E-state index contributed by atoms with van der Waals surface area (Å²) in [7, 11) is 0. The molecule has 0 bridgehead atoms. The van der Waals surface area contributed by atoms with Crippen LogP contribution in [-0.4, -0.2) is 18.4 Å². The van der Waals surface area contributed by atoms with Gasteiger partial charge in [-0.25, -0.2) is 0 Å². The molecule has 0 aromatic rings. The number of Topliss-reactive ketones (excluding diaryl/α,β-unsaturated/α-hetero) is 1. The molecule has 0 radical (unpaired) electrons. The zero-order chi connectivity index (χ0) is 11.8. The van der Waals surface area contributed by atoms with Crippen molar-refractivity contribution in [1.82, 2.24) is 0 Å². The third-order valence-electron chi connectivity index (χ3n) is 1.94. The molecule has 0 aliphatic heterocycles. The number of ether oxygens (including phenoxy) is 1. The monoisotopic (exact) mass is 210 g/mol. The number of carbonyl (C=O) groups excluding carboxylic acids is 2. The Morgan fingerprint density at radius 2 is 1.80 bits per heavy atom. The first-order valence-electron chi connectivity index (χ1n) is 4.91. The van der Waals surface area contributed by atoms with E-state index in [1.54, 1.807) is 6.92 Å². The lowest BCUT2D eigenvalue weighted by molar-refractivity contribution is -0.139. The quantitative estimate of drug-likeness (QED) is 0.384. The van der Waals surface area contributed by atoms with Crippen molar-refractivity contribution in [2.45, 2.75) is 33.6 Å². The van der Waals surface area contributed by atoms with Gasteiger partial charge in [0.25, 0.3) is 0 Å². The summed E-state index contributed by atoms with van der Waals surface area (Å²) in [6, 6.07) is 0. The van der Waals surface area contributed by atoms with E-state index in [9.17, 15) is 9.59 Å². The predicted octanol–water partition coefficient (Wildman–Crippen LogP) is 2.42. The zero-order valence-electron chi connectivity index (χ0n) is 9.63. The SMILES string of the molecule is C=C(C)C(=O)CC/C(C)=C/COC(C)=O. The van der Waals surface area contributed by atoms with Crippen LogP contribution in [0, 0.1) is 0 Å². The topological polar surface area (TPSA) is 43.4 Å². The molecule has 0 aliphatic rings. The highest BCUT2D eigenvalue weighted by Gasteiger charge is 2.02. The molecular weight excluding hydrogens is 192 g/mol. The van der Waals surface area contributed by atoms with E-state index in [2.05, 4.69) is 6.58 Å². The average Bonchev–Trinajstić information content (AvgIpc) is 2.13. The Bertz CT molecular complexity index is 287. The lowest BCUT2D eigenvalue weighted by Crippen LogP contribution is -2.00. The van der Waals surface area contributed by atoms with Gasteiger partial charge >= 0.3 is 5.97 Å². The molecule has 3 heteroatoms. The molecule has 0 aromatic heterocycles. The van der Waals surface area contributed by atoms with Crippen molar-refractivity contribution in [3.05, 3.63) is 23.8 Å². The van der Waals surface area contributed by atoms with E-state index in [0.717, 1.165) is 5.57 Å². The van der Waals surface area contributed by atoms with Gasteiger partial charge in [0.05, 0.1) is 0 Å². The van der Waals surface area contributed by atoms with Gasteiger partial charge in [0.2, 0.25) is 0 Å². The van der Waals surface area contributed by atoms with E-state index in [1.807, 2.05) is 13.0 Å². The summed E-state index contributed by atoms with van der Waals surface area (Å²) >= 11 is 0. The second kappa shape index (κ2) is 6.98. The third-order valence-corrected chi connectivity index (χ3v) is 1.94.